The quantitative estimate of drug-likeness (QED) is 0.866. The van der Waals surface area contributed by atoms with E-state index in [9.17, 15) is 4.39 Å². The van der Waals surface area contributed by atoms with Gasteiger partial charge in [-0.3, -0.25) is 0 Å². The Morgan fingerprint density at radius 2 is 2.31 bits per heavy atom. The third-order valence-corrected chi connectivity index (χ3v) is 3.92. The largest absolute Gasteiger partial charge is 0.310 e. The van der Waals surface area contributed by atoms with Crippen molar-refractivity contribution in [3.63, 3.8) is 0 Å². The molecular formula is C13H17BrFN. The number of nitrogens with one attached hydrogen (secondary N) is 1. The molecule has 1 saturated carbocycles. The highest BCUT2D eigenvalue weighted by Crippen LogP contribution is 2.34. The van der Waals surface area contributed by atoms with E-state index in [0.717, 1.165) is 22.5 Å². The minimum absolute atomic E-state index is 0.166. The fraction of sp³-hybridized carbons (Fsp3) is 0.538. The number of hydrogen-bond donors (Lipinski definition) is 1. The van der Waals surface area contributed by atoms with Crippen molar-refractivity contribution in [3.8, 4) is 0 Å². The van der Waals surface area contributed by atoms with Gasteiger partial charge in [0.15, 0.2) is 0 Å². The van der Waals surface area contributed by atoms with Crippen molar-refractivity contribution in [1.29, 1.82) is 0 Å². The summed E-state index contributed by atoms with van der Waals surface area (Å²) in [5, 5.41) is 3.48. The molecule has 0 bridgehead atoms. The van der Waals surface area contributed by atoms with Gasteiger partial charge in [-0.1, -0.05) is 29.3 Å². The molecule has 0 radical (unpaired) electrons. The molecule has 1 aliphatic rings. The van der Waals surface area contributed by atoms with Crippen LogP contribution in [0.2, 0.25) is 0 Å². The van der Waals surface area contributed by atoms with Gasteiger partial charge >= 0.3 is 0 Å². The van der Waals surface area contributed by atoms with Gasteiger partial charge in [-0.2, -0.15) is 0 Å². The summed E-state index contributed by atoms with van der Waals surface area (Å²) in [5.41, 5.74) is 1.00. The van der Waals surface area contributed by atoms with Crippen molar-refractivity contribution in [2.24, 2.45) is 5.92 Å². The minimum Gasteiger partial charge on any atom is -0.310 e. The first-order valence-electron chi connectivity index (χ1n) is 5.88. The molecule has 2 rings (SSSR count). The molecule has 16 heavy (non-hydrogen) atoms. The van der Waals surface area contributed by atoms with Crippen LogP contribution in [0.3, 0.4) is 0 Å². The van der Waals surface area contributed by atoms with Crippen molar-refractivity contribution in [2.45, 2.75) is 38.8 Å². The molecular weight excluding hydrogens is 269 g/mol. The summed E-state index contributed by atoms with van der Waals surface area (Å²) < 4.78 is 14.0. The minimum atomic E-state index is -0.166. The van der Waals surface area contributed by atoms with Crippen LogP contribution in [0.15, 0.2) is 22.7 Å². The highest BCUT2D eigenvalue weighted by molar-refractivity contribution is 9.10. The monoisotopic (exact) mass is 285 g/mol. The molecule has 0 heterocycles. The van der Waals surface area contributed by atoms with Crippen LogP contribution in [0.5, 0.6) is 0 Å². The molecule has 88 valence electrons. The predicted octanol–water partition coefficient (Wildman–Crippen LogP) is 3.87. The van der Waals surface area contributed by atoms with Crippen LogP contribution < -0.4 is 5.32 Å². The molecule has 0 spiro atoms. The average Bonchev–Trinajstić information content (AvgIpc) is 2.99. The first kappa shape index (κ1) is 12.1. The van der Waals surface area contributed by atoms with Gasteiger partial charge < -0.3 is 5.32 Å². The van der Waals surface area contributed by atoms with Crippen molar-refractivity contribution >= 4 is 15.9 Å². The van der Waals surface area contributed by atoms with E-state index in [1.807, 2.05) is 0 Å². The first-order valence-corrected chi connectivity index (χ1v) is 6.67. The second kappa shape index (κ2) is 5.28. The van der Waals surface area contributed by atoms with Crippen LogP contribution in [0.1, 0.15) is 31.7 Å². The zero-order valence-corrected chi connectivity index (χ0v) is 11.1. The molecule has 0 amide bonds. The lowest BCUT2D eigenvalue weighted by molar-refractivity contribution is 0.591. The van der Waals surface area contributed by atoms with Crippen molar-refractivity contribution in [3.05, 3.63) is 34.1 Å². The van der Waals surface area contributed by atoms with E-state index in [0.29, 0.717) is 6.04 Å². The predicted molar refractivity (Wildman–Crippen MR) is 67.7 cm³/mol. The second-order valence-corrected chi connectivity index (χ2v) is 5.36. The third-order valence-electron chi connectivity index (χ3n) is 3.14. The van der Waals surface area contributed by atoms with E-state index < -0.39 is 0 Å². The number of halogens is 2. The maximum absolute atomic E-state index is 13.0. The summed E-state index contributed by atoms with van der Waals surface area (Å²) in [6.45, 7) is 2.97. The lowest BCUT2D eigenvalue weighted by Gasteiger charge is -2.06. The Kier molecular flexibility index (Phi) is 3.98. The standard InChI is InChI=1S/C13H17BrFN/c1-2-3-9-7-13(9)16-8-10-6-11(15)4-5-12(10)14/h4-6,9,13,16H,2-3,7-8H2,1H3. The Balaban J connectivity index is 1.84. The molecule has 1 nitrogen and oxygen atoms in total. The molecule has 3 heteroatoms. The molecule has 1 N–H and O–H groups in total. The van der Waals surface area contributed by atoms with Crippen molar-refractivity contribution in [1.82, 2.24) is 5.32 Å². The first-order chi connectivity index (χ1) is 7.70. The van der Waals surface area contributed by atoms with E-state index in [2.05, 4.69) is 28.2 Å². The molecule has 1 aromatic rings. The van der Waals surface area contributed by atoms with Gasteiger partial charge in [0.2, 0.25) is 0 Å². The highest BCUT2D eigenvalue weighted by atomic mass is 79.9. The molecule has 0 saturated heterocycles. The normalized spacial score (nSPS) is 23.4. The van der Waals surface area contributed by atoms with Crippen LogP contribution >= 0.6 is 15.9 Å². The summed E-state index contributed by atoms with van der Waals surface area (Å²) in [6, 6.07) is 5.48. The number of benzene rings is 1. The second-order valence-electron chi connectivity index (χ2n) is 4.51. The molecule has 1 aromatic carbocycles. The van der Waals surface area contributed by atoms with Gasteiger partial charge in [0, 0.05) is 17.1 Å². The van der Waals surface area contributed by atoms with Gasteiger partial charge in [0.1, 0.15) is 5.82 Å². The smallest absolute Gasteiger partial charge is 0.123 e. The van der Waals surface area contributed by atoms with Crippen LogP contribution in [0.25, 0.3) is 0 Å². The summed E-state index contributed by atoms with van der Waals surface area (Å²) in [5.74, 6) is 0.679. The maximum Gasteiger partial charge on any atom is 0.123 e. The summed E-state index contributed by atoms with van der Waals surface area (Å²) in [4.78, 5) is 0. The molecule has 2 unspecified atom stereocenters. The molecule has 1 fully saturated rings. The van der Waals surface area contributed by atoms with Gasteiger partial charge in [0.05, 0.1) is 0 Å². The summed E-state index contributed by atoms with van der Waals surface area (Å²) in [6.07, 6.45) is 3.84. The van der Waals surface area contributed by atoms with E-state index in [1.165, 1.54) is 25.3 Å². The molecule has 1 aliphatic carbocycles. The van der Waals surface area contributed by atoms with Gasteiger partial charge in [0.25, 0.3) is 0 Å². The topological polar surface area (TPSA) is 12.0 Å². The Bertz CT molecular complexity index is 367. The van der Waals surface area contributed by atoms with Gasteiger partial charge in [-0.25, -0.2) is 4.39 Å². The highest BCUT2D eigenvalue weighted by Gasteiger charge is 2.35. The third kappa shape index (κ3) is 3.05. The fourth-order valence-electron chi connectivity index (χ4n) is 2.11. The Morgan fingerprint density at radius 3 is 3.06 bits per heavy atom. The van der Waals surface area contributed by atoms with Crippen LogP contribution in [-0.2, 0) is 6.54 Å². The van der Waals surface area contributed by atoms with Crippen LogP contribution in [0, 0.1) is 11.7 Å². The Hall–Kier alpha value is -0.410. The zero-order valence-electron chi connectivity index (χ0n) is 9.47. The Morgan fingerprint density at radius 1 is 1.50 bits per heavy atom. The SMILES string of the molecule is CCCC1CC1NCc1cc(F)ccc1Br. The molecule has 2 atom stereocenters. The van der Waals surface area contributed by atoms with Crippen LogP contribution in [0.4, 0.5) is 4.39 Å². The average molecular weight is 286 g/mol. The van der Waals surface area contributed by atoms with Crippen molar-refractivity contribution < 1.29 is 4.39 Å². The van der Waals surface area contributed by atoms with Crippen LogP contribution in [-0.4, -0.2) is 6.04 Å². The van der Waals surface area contributed by atoms with E-state index in [1.54, 1.807) is 12.1 Å². The van der Waals surface area contributed by atoms with E-state index in [-0.39, 0.29) is 5.82 Å². The molecule has 0 aromatic heterocycles. The summed E-state index contributed by atoms with van der Waals surface area (Å²) >= 11 is 3.44. The fourth-order valence-corrected chi connectivity index (χ4v) is 2.49. The van der Waals surface area contributed by atoms with Crippen molar-refractivity contribution in [2.75, 3.05) is 0 Å². The van der Waals surface area contributed by atoms with E-state index in [4.69, 9.17) is 0 Å². The zero-order chi connectivity index (χ0) is 11.5. The van der Waals surface area contributed by atoms with E-state index >= 15 is 0 Å². The Labute approximate surface area is 105 Å². The number of rotatable bonds is 5. The number of hydrogen-bond acceptors (Lipinski definition) is 1. The molecule has 0 aliphatic heterocycles. The summed E-state index contributed by atoms with van der Waals surface area (Å²) in [7, 11) is 0. The maximum atomic E-state index is 13.0. The lowest BCUT2D eigenvalue weighted by atomic mass is 10.2. The van der Waals surface area contributed by atoms with Gasteiger partial charge in [-0.05, 0) is 42.5 Å². The lowest BCUT2D eigenvalue weighted by Crippen LogP contribution is -2.18. The van der Waals surface area contributed by atoms with Gasteiger partial charge in [-0.15, -0.1) is 0 Å².